The fraction of sp³-hybridized carbons (Fsp3) is 0.533. The summed E-state index contributed by atoms with van der Waals surface area (Å²) in [6.45, 7) is 0. The molecule has 54 heavy (non-hydrogen) atoms. The van der Waals surface area contributed by atoms with Gasteiger partial charge in [0.1, 0.15) is 17.2 Å². The largest absolute Gasteiger partial charge is 0.496 e. The van der Waals surface area contributed by atoms with Gasteiger partial charge in [-0.2, -0.15) is 0 Å². The summed E-state index contributed by atoms with van der Waals surface area (Å²) in [5.74, 6) is 4.95. The lowest BCUT2D eigenvalue weighted by Gasteiger charge is -2.33. The van der Waals surface area contributed by atoms with Gasteiger partial charge in [-0.05, 0) is 56.3 Å². The molecule has 0 aliphatic heterocycles. The number of benzene rings is 4. The molecule has 3 aliphatic carbocycles. The summed E-state index contributed by atoms with van der Waals surface area (Å²) in [5.41, 5.74) is 6.19. The van der Waals surface area contributed by atoms with Gasteiger partial charge >= 0.3 is 0 Å². The van der Waals surface area contributed by atoms with Gasteiger partial charge in [-0.1, -0.05) is 57.8 Å². The van der Waals surface area contributed by atoms with Gasteiger partial charge in [-0.25, -0.2) is 15.0 Å². The van der Waals surface area contributed by atoms with E-state index in [2.05, 4.69) is 0 Å². The van der Waals surface area contributed by atoms with Crippen molar-refractivity contribution in [2.75, 3.05) is 42.7 Å². The number of rotatable bonds is 9. The van der Waals surface area contributed by atoms with Crippen LogP contribution in [0.5, 0.6) is 34.9 Å². The molecule has 282 valence electrons. The van der Waals surface area contributed by atoms with Crippen LogP contribution in [0.2, 0.25) is 0 Å². The highest BCUT2D eigenvalue weighted by atomic mass is 16.5. The Bertz CT molecular complexity index is 2220. The lowest BCUT2D eigenvalue weighted by Crippen LogP contribution is -2.14. The zero-order valence-corrected chi connectivity index (χ0v) is 32.6. The number of pyridine rings is 3. The van der Waals surface area contributed by atoms with Crippen LogP contribution in [0.4, 0.5) is 0 Å². The second-order valence-corrected chi connectivity index (χ2v) is 16.1. The lowest BCUT2D eigenvalue weighted by atomic mass is 9.75. The summed E-state index contributed by atoms with van der Waals surface area (Å²) in [7, 11) is 10.6. The van der Waals surface area contributed by atoms with E-state index in [0.29, 0.717) is 17.6 Å². The zero-order chi connectivity index (χ0) is 36.8. The standard InChI is InChI=1S/C45H51N3O6/c1-49-40-25(22-16-10-7-11-17-22)37-31-28-32-30-33-29(31)35(44(46-37)53-5)42(51-3)27(24-20-14-9-15-21-24)39(33)48-45(54-6)36(30)41(50-2)26(23-18-12-8-13-19-23)38(32)47-43(52-4)34(28)40/h22-24H,7-21H2,1-6H3. The molecule has 0 atom stereocenters. The summed E-state index contributed by atoms with van der Waals surface area (Å²) in [4.78, 5) is 16.7. The molecule has 3 fully saturated rings. The van der Waals surface area contributed by atoms with Gasteiger partial charge in [0, 0.05) is 49.0 Å². The third kappa shape index (κ3) is 4.47. The molecule has 3 saturated carbocycles. The van der Waals surface area contributed by atoms with Crippen LogP contribution in [0.15, 0.2) is 0 Å². The Hall–Kier alpha value is -4.53. The maximum absolute atomic E-state index is 6.56. The minimum Gasteiger partial charge on any atom is -0.496 e. The minimum absolute atomic E-state index is 0.274. The summed E-state index contributed by atoms with van der Waals surface area (Å²) in [6, 6.07) is 0. The van der Waals surface area contributed by atoms with Crippen molar-refractivity contribution in [2.45, 2.75) is 114 Å². The molecule has 3 aliphatic rings. The third-order valence-electron chi connectivity index (χ3n) is 13.7. The first-order valence-electron chi connectivity index (χ1n) is 20.3. The summed E-state index contributed by atoms with van der Waals surface area (Å²) >= 11 is 0. The molecule has 0 amide bonds. The highest BCUT2D eigenvalue weighted by Gasteiger charge is 2.39. The van der Waals surface area contributed by atoms with Crippen molar-refractivity contribution in [1.82, 2.24) is 15.0 Å². The maximum Gasteiger partial charge on any atom is 0.225 e. The summed E-state index contributed by atoms with van der Waals surface area (Å²) in [6.07, 6.45) is 17.2. The van der Waals surface area contributed by atoms with E-state index in [4.69, 9.17) is 43.4 Å². The molecule has 10 rings (SSSR count). The molecule has 7 aromatic rings. The van der Waals surface area contributed by atoms with Gasteiger partial charge in [0.2, 0.25) is 17.6 Å². The average Bonchev–Trinajstić information content (AvgIpc) is 3.23. The first-order chi connectivity index (χ1) is 26.6. The Morgan fingerprint density at radius 2 is 0.574 bits per heavy atom. The summed E-state index contributed by atoms with van der Waals surface area (Å²) in [5, 5.41) is 9.15. The van der Waals surface area contributed by atoms with Crippen LogP contribution in [0.25, 0.3) is 65.0 Å². The Balaban J connectivity index is 1.56. The zero-order valence-electron chi connectivity index (χ0n) is 32.6. The van der Waals surface area contributed by atoms with E-state index in [1.807, 2.05) is 0 Å². The SMILES string of the molecule is COc1nc2c(C3CCCCC3)c(OC)c3c(OC)nc4c(C5CCCCC5)c(OC)c5c(OC)nc6c(C7CCCCC7)c(OC)c1c1c6c5c4c3c21. The third-order valence-corrected chi connectivity index (χ3v) is 13.7. The van der Waals surface area contributed by atoms with Crippen LogP contribution in [0.1, 0.15) is 131 Å². The van der Waals surface area contributed by atoms with Crippen molar-refractivity contribution >= 4 is 65.0 Å². The minimum atomic E-state index is 0.274. The van der Waals surface area contributed by atoms with Crippen molar-refractivity contribution in [3.63, 3.8) is 0 Å². The molecule has 0 saturated heterocycles. The summed E-state index contributed by atoms with van der Waals surface area (Å²) < 4.78 is 38.8. The van der Waals surface area contributed by atoms with Crippen molar-refractivity contribution in [1.29, 1.82) is 0 Å². The van der Waals surface area contributed by atoms with Crippen LogP contribution in [-0.2, 0) is 0 Å². The van der Waals surface area contributed by atoms with Crippen LogP contribution in [0.3, 0.4) is 0 Å². The predicted molar refractivity (Wildman–Crippen MR) is 215 cm³/mol. The fourth-order valence-electron chi connectivity index (χ4n) is 11.5. The molecular formula is C45H51N3O6. The molecule has 0 N–H and O–H groups in total. The number of hydrogen-bond donors (Lipinski definition) is 0. The quantitative estimate of drug-likeness (QED) is 0.106. The van der Waals surface area contributed by atoms with Gasteiger partial charge in [0.15, 0.2) is 0 Å². The highest BCUT2D eigenvalue weighted by Crippen LogP contribution is 2.62. The van der Waals surface area contributed by atoms with E-state index in [-0.39, 0.29) is 17.8 Å². The first kappa shape index (κ1) is 34.0. The lowest BCUT2D eigenvalue weighted by molar-refractivity contribution is 0.379. The van der Waals surface area contributed by atoms with Gasteiger partial charge in [-0.3, -0.25) is 0 Å². The first-order valence-corrected chi connectivity index (χ1v) is 20.3. The monoisotopic (exact) mass is 729 g/mol. The molecule has 0 spiro atoms. The molecular weight excluding hydrogens is 679 g/mol. The van der Waals surface area contributed by atoms with E-state index >= 15 is 0 Å². The highest BCUT2D eigenvalue weighted by molar-refractivity contribution is 6.47. The maximum atomic E-state index is 6.56. The van der Waals surface area contributed by atoms with E-state index in [9.17, 15) is 0 Å². The number of aromatic nitrogens is 3. The Labute approximate surface area is 316 Å². The number of ether oxygens (including phenoxy) is 6. The molecule has 0 radical (unpaired) electrons. The van der Waals surface area contributed by atoms with Crippen molar-refractivity contribution in [3.05, 3.63) is 16.7 Å². The van der Waals surface area contributed by atoms with Crippen molar-refractivity contribution < 1.29 is 28.4 Å². The molecule has 9 nitrogen and oxygen atoms in total. The van der Waals surface area contributed by atoms with Crippen LogP contribution >= 0.6 is 0 Å². The van der Waals surface area contributed by atoms with Crippen LogP contribution in [0, 0.1) is 0 Å². The Morgan fingerprint density at radius 1 is 0.315 bits per heavy atom. The number of nitrogens with zero attached hydrogens (tertiary/aromatic N) is 3. The Morgan fingerprint density at radius 3 is 0.796 bits per heavy atom. The molecule has 3 heterocycles. The van der Waals surface area contributed by atoms with Gasteiger partial charge in [0.05, 0.1) is 75.4 Å². The number of hydrogen-bond acceptors (Lipinski definition) is 9. The van der Waals surface area contributed by atoms with Crippen molar-refractivity contribution in [3.8, 4) is 34.9 Å². The molecule has 4 aromatic carbocycles. The van der Waals surface area contributed by atoms with E-state index < -0.39 is 0 Å². The molecule has 3 aromatic heterocycles. The fourth-order valence-corrected chi connectivity index (χ4v) is 11.5. The van der Waals surface area contributed by atoms with Gasteiger partial charge in [0.25, 0.3) is 0 Å². The smallest absolute Gasteiger partial charge is 0.225 e. The number of methoxy groups -OCH3 is 6. The normalized spacial score (nSPS) is 18.3. The second-order valence-electron chi connectivity index (χ2n) is 16.1. The Kier molecular flexibility index (Phi) is 8.22. The van der Waals surface area contributed by atoms with Gasteiger partial charge in [-0.15, -0.1) is 0 Å². The molecule has 0 bridgehead atoms. The second kappa shape index (κ2) is 13.1. The van der Waals surface area contributed by atoms with Crippen molar-refractivity contribution in [2.24, 2.45) is 0 Å². The molecule has 9 heteroatoms. The van der Waals surface area contributed by atoms with E-state index in [1.165, 1.54) is 57.8 Å². The van der Waals surface area contributed by atoms with Crippen LogP contribution < -0.4 is 28.4 Å². The van der Waals surface area contributed by atoms with Gasteiger partial charge < -0.3 is 28.4 Å². The topological polar surface area (TPSA) is 94.1 Å². The van der Waals surface area contributed by atoms with E-state index in [0.717, 1.165) is 137 Å². The molecule has 0 unspecified atom stereocenters. The van der Waals surface area contributed by atoms with Crippen LogP contribution in [-0.4, -0.2) is 57.6 Å². The van der Waals surface area contributed by atoms with E-state index in [1.54, 1.807) is 42.7 Å². The predicted octanol–water partition coefficient (Wildman–Crippen LogP) is 11.3. The average molecular weight is 730 g/mol.